The van der Waals surface area contributed by atoms with Gasteiger partial charge in [0.15, 0.2) is 0 Å². The fraction of sp³-hybridized carbons (Fsp3) is 0.429. The lowest BCUT2D eigenvalue weighted by Crippen LogP contribution is -2.26. The van der Waals surface area contributed by atoms with Crippen LogP contribution in [0.2, 0.25) is 0 Å². The van der Waals surface area contributed by atoms with Crippen LogP contribution in [0, 0.1) is 5.92 Å². The van der Waals surface area contributed by atoms with Crippen molar-refractivity contribution in [2.24, 2.45) is 5.92 Å². The van der Waals surface area contributed by atoms with Gasteiger partial charge in [-0.3, -0.25) is 9.78 Å². The number of aryl methyl sites for hydroxylation is 2. The predicted octanol–water partition coefficient (Wildman–Crippen LogP) is 4.02. The fourth-order valence-electron chi connectivity index (χ4n) is 3.53. The highest BCUT2D eigenvalue weighted by Crippen LogP contribution is 2.32. The molecule has 0 saturated heterocycles. The Morgan fingerprint density at radius 3 is 2.62 bits per heavy atom. The first-order valence-electron chi connectivity index (χ1n) is 8.91. The molecule has 0 fully saturated rings. The van der Waals surface area contributed by atoms with E-state index >= 15 is 0 Å². The monoisotopic (exact) mass is 322 g/mol. The van der Waals surface area contributed by atoms with E-state index in [-0.39, 0.29) is 11.8 Å². The lowest BCUT2D eigenvalue weighted by molar-refractivity contribution is -0.121. The van der Waals surface area contributed by atoms with Gasteiger partial charge in [0.2, 0.25) is 5.91 Å². The zero-order valence-corrected chi connectivity index (χ0v) is 14.6. The smallest absolute Gasteiger partial charge is 0.220 e. The molecule has 3 rings (SSSR count). The molecule has 0 spiro atoms. The number of rotatable bonds is 6. The molecule has 1 atom stereocenters. The van der Waals surface area contributed by atoms with Crippen molar-refractivity contribution in [3.8, 4) is 0 Å². The average Bonchev–Trinajstić information content (AvgIpc) is 3.06. The number of carbonyl (C=O) groups is 1. The van der Waals surface area contributed by atoms with Crippen molar-refractivity contribution in [2.45, 2.75) is 52.0 Å². The zero-order valence-electron chi connectivity index (χ0n) is 14.6. The van der Waals surface area contributed by atoms with Crippen LogP contribution in [0.15, 0.2) is 42.7 Å². The lowest BCUT2D eigenvalue weighted by atomic mass is 9.84. The van der Waals surface area contributed by atoms with Gasteiger partial charge >= 0.3 is 0 Å². The van der Waals surface area contributed by atoms with E-state index in [1.807, 2.05) is 12.1 Å². The second-order valence-corrected chi connectivity index (χ2v) is 7.07. The first kappa shape index (κ1) is 16.7. The fourth-order valence-corrected chi connectivity index (χ4v) is 3.53. The Bertz CT molecular complexity index is 694. The summed E-state index contributed by atoms with van der Waals surface area (Å²) in [5.41, 5.74) is 5.36. The number of nitrogens with one attached hydrogen (secondary N) is 1. The number of benzene rings is 1. The number of carbonyl (C=O) groups excluding carboxylic acids is 1. The van der Waals surface area contributed by atoms with Crippen molar-refractivity contribution < 1.29 is 4.79 Å². The maximum atomic E-state index is 12.4. The first-order valence-corrected chi connectivity index (χ1v) is 8.91. The molecule has 1 amide bonds. The van der Waals surface area contributed by atoms with Gasteiger partial charge < -0.3 is 5.32 Å². The van der Waals surface area contributed by atoms with Crippen LogP contribution in [-0.2, 0) is 24.2 Å². The highest BCUT2D eigenvalue weighted by Gasteiger charge is 2.21. The van der Waals surface area contributed by atoms with E-state index in [9.17, 15) is 4.79 Å². The molecule has 3 heteroatoms. The molecule has 0 radical (unpaired) electrons. The van der Waals surface area contributed by atoms with Crippen LogP contribution in [0.25, 0.3) is 0 Å². The van der Waals surface area contributed by atoms with E-state index in [0.717, 1.165) is 5.56 Å². The Labute approximate surface area is 144 Å². The average molecular weight is 322 g/mol. The van der Waals surface area contributed by atoms with Crippen LogP contribution in [0.3, 0.4) is 0 Å². The standard InChI is InChI=1S/C21H26N2O/c1-15(2)20(19-7-6-17-4-3-5-18(17)12-19)13-21(24)23-14-16-8-10-22-11-9-16/h6-12,15,20H,3-5,13-14H2,1-2H3,(H,23,24). The molecule has 1 aromatic carbocycles. The van der Waals surface area contributed by atoms with E-state index in [1.165, 1.54) is 36.0 Å². The maximum absolute atomic E-state index is 12.4. The molecule has 126 valence electrons. The van der Waals surface area contributed by atoms with E-state index in [0.29, 0.717) is 18.9 Å². The van der Waals surface area contributed by atoms with Crippen molar-refractivity contribution >= 4 is 5.91 Å². The van der Waals surface area contributed by atoms with Gasteiger partial charge in [0.05, 0.1) is 0 Å². The third kappa shape index (κ3) is 4.02. The van der Waals surface area contributed by atoms with Gasteiger partial charge in [0, 0.05) is 25.4 Å². The van der Waals surface area contributed by atoms with Crippen LogP contribution < -0.4 is 5.32 Å². The number of pyridine rings is 1. The highest BCUT2D eigenvalue weighted by molar-refractivity contribution is 5.77. The Morgan fingerprint density at radius 2 is 1.88 bits per heavy atom. The SMILES string of the molecule is CC(C)C(CC(=O)NCc1ccncc1)c1ccc2c(c1)CCC2. The Morgan fingerprint density at radius 1 is 1.12 bits per heavy atom. The van der Waals surface area contributed by atoms with Gasteiger partial charge in [0.1, 0.15) is 0 Å². The van der Waals surface area contributed by atoms with Crippen molar-refractivity contribution in [2.75, 3.05) is 0 Å². The summed E-state index contributed by atoms with van der Waals surface area (Å²) >= 11 is 0. The van der Waals surface area contributed by atoms with Crippen molar-refractivity contribution in [1.82, 2.24) is 10.3 Å². The van der Waals surface area contributed by atoms with Crippen molar-refractivity contribution in [3.05, 3.63) is 65.0 Å². The van der Waals surface area contributed by atoms with Gasteiger partial charge in [-0.05, 0) is 65.5 Å². The molecule has 0 saturated carbocycles. The number of fused-ring (bicyclic) bond motifs is 1. The summed E-state index contributed by atoms with van der Waals surface area (Å²) in [5, 5.41) is 3.04. The minimum Gasteiger partial charge on any atom is -0.352 e. The van der Waals surface area contributed by atoms with Crippen LogP contribution in [0.5, 0.6) is 0 Å². The Balaban J connectivity index is 1.64. The topological polar surface area (TPSA) is 42.0 Å². The third-order valence-corrected chi connectivity index (χ3v) is 5.00. The van der Waals surface area contributed by atoms with Gasteiger partial charge in [-0.1, -0.05) is 32.0 Å². The van der Waals surface area contributed by atoms with Crippen LogP contribution >= 0.6 is 0 Å². The molecule has 1 N–H and O–H groups in total. The number of aromatic nitrogens is 1. The Kier molecular flexibility index (Phi) is 5.29. The molecule has 1 aliphatic rings. The van der Waals surface area contributed by atoms with Crippen molar-refractivity contribution in [3.63, 3.8) is 0 Å². The minimum atomic E-state index is 0.117. The molecule has 1 heterocycles. The van der Waals surface area contributed by atoms with E-state index in [4.69, 9.17) is 0 Å². The maximum Gasteiger partial charge on any atom is 0.220 e. The summed E-state index contributed by atoms with van der Waals surface area (Å²) in [4.78, 5) is 16.4. The first-order chi connectivity index (χ1) is 11.6. The van der Waals surface area contributed by atoms with Gasteiger partial charge in [0.25, 0.3) is 0 Å². The number of nitrogens with zero attached hydrogens (tertiary/aromatic N) is 1. The van der Waals surface area contributed by atoms with Gasteiger partial charge in [-0.15, -0.1) is 0 Å². The number of hydrogen-bond acceptors (Lipinski definition) is 2. The van der Waals surface area contributed by atoms with Crippen molar-refractivity contribution in [1.29, 1.82) is 0 Å². The van der Waals surface area contributed by atoms with E-state index in [1.54, 1.807) is 12.4 Å². The Hall–Kier alpha value is -2.16. The normalized spacial score (nSPS) is 14.5. The summed E-state index contributed by atoms with van der Waals surface area (Å²) < 4.78 is 0. The summed E-state index contributed by atoms with van der Waals surface area (Å²) in [6.45, 7) is 4.97. The lowest BCUT2D eigenvalue weighted by Gasteiger charge is -2.22. The predicted molar refractivity (Wildman–Crippen MR) is 96.7 cm³/mol. The summed E-state index contributed by atoms with van der Waals surface area (Å²) in [5.74, 6) is 0.829. The van der Waals surface area contributed by atoms with Crippen LogP contribution in [0.1, 0.15) is 54.9 Å². The van der Waals surface area contributed by atoms with E-state index in [2.05, 4.69) is 42.3 Å². The zero-order chi connectivity index (χ0) is 16.9. The molecule has 1 aliphatic carbocycles. The molecule has 0 aliphatic heterocycles. The summed E-state index contributed by atoms with van der Waals surface area (Å²) in [6.07, 6.45) is 7.70. The number of hydrogen-bond donors (Lipinski definition) is 1. The molecule has 24 heavy (non-hydrogen) atoms. The van der Waals surface area contributed by atoms with Crippen LogP contribution in [-0.4, -0.2) is 10.9 Å². The summed E-state index contributed by atoms with van der Waals surface area (Å²) in [6, 6.07) is 10.7. The molecular weight excluding hydrogens is 296 g/mol. The second kappa shape index (κ2) is 7.61. The largest absolute Gasteiger partial charge is 0.352 e. The van der Waals surface area contributed by atoms with Crippen LogP contribution in [0.4, 0.5) is 0 Å². The molecule has 2 aromatic rings. The van der Waals surface area contributed by atoms with Gasteiger partial charge in [-0.25, -0.2) is 0 Å². The molecule has 1 aromatic heterocycles. The molecule has 0 bridgehead atoms. The third-order valence-electron chi connectivity index (χ3n) is 5.00. The second-order valence-electron chi connectivity index (χ2n) is 7.07. The molecular formula is C21H26N2O. The summed E-state index contributed by atoms with van der Waals surface area (Å²) in [7, 11) is 0. The number of amides is 1. The molecule has 1 unspecified atom stereocenters. The van der Waals surface area contributed by atoms with Gasteiger partial charge in [-0.2, -0.15) is 0 Å². The highest BCUT2D eigenvalue weighted by atomic mass is 16.1. The quantitative estimate of drug-likeness (QED) is 0.873. The van der Waals surface area contributed by atoms with E-state index < -0.39 is 0 Å². The molecule has 3 nitrogen and oxygen atoms in total. The minimum absolute atomic E-state index is 0.117.